The summed E-state index contributed by atoms with van der Waals surface area (Å²) in [6, 6.07) is 5.87. The Kier molecular flexibility index (Phi) is 3.02. The molecule has 0 fully saturated rings. The van der Waals surface area contributed by atoms with Crippen LogP contribution in [0.2, 0.25) is 0 Å². The van der Waals surface area contributed by atoms with Crippen LogP contribution in [0, 0.1) is 0 Å². The van der Waals surface area contributed by atoms with Crippen LogP contribution >= 0.6 is 0 Å². The van der Waals surface area contributed by atoms with E-state index in [0.29, 0.717) is 5.56 Å². The summed E-state index contributed by atoms with van der Waals surface area (Å²) in [5.41, 5.74) is 0.346. The second-order valence-corrected chi connectivity index (χ2v) is 3.42. The van der Waals surface area contributed by atoms with Crippen molar-refractivity contribution in [2.45, 2.75) is 4.90 Å². The number of thiol groups is 1. The molecule has 1 aromatic rings. The van der Waals surface area contributed by atoms with Crippen molar-refractivity contribution < 1.29 is 13.2 Å². The van der Waals surface area contributed by atoms with Crippen molar-refractivity contribution >= 4 is 16.6 Å². The standard InChI is InChI=1S/C8H9NO3S/c1-9-8(10)6-3-2-4-7(5-6)13(11)12/h2-5,13H,1H3,(H,9,10). The second kappa shape index (κ2) is 4.04. The molecule has 0 atom stereocenters. The van der Waals surface area contributed by atoms with Crippen molar-refractivity contribution in [2.24, 2.45) is 0 Å². The van der Waals surface area contributed by atoms with E-state index < -0.39 is 10.7 Å². The summed E-state index contributed by atoms with van der Waals surface area (Å²) in [5, 5.41) is 2.41. The van der Waals surface area contributed by atoms with Gasteiger partial charge in [-0.3, -0.25) is 4.79 Å². The Morgan fingerprint density at radius 3 is 2.62 bits per heavy atom. The molecule has 0 bridgehead atoms. The van der Waals surface area contributed by atoms with Gasteiger partial charge in [0.1, 0.15) is 0 Å². The van der Waals surface area contributed by atoms with E-state index in [0.717, 1.165) is 0 Å². The Hall–Kier alpha value is -1.36. The lowest BCUT2D eigenvalue weighted by Crippen LogP contribution is -2.17. The summed E-state index contributed by atoms with van der Waals surface area (Å²) in [4.78, 5) is 11.2. The van der Waals surface area contributed by atoms with Crippen LogP contribution < -0.4 is 5.32 Å². The summed E-state index contributed by atoms with van der Waals surface area (Å²) >= 11 is 0. The van der Waals surface area contributed by atoms with Crippen LogP contribution in [0.4, 0.5) is 0 Å². The zero-order valence-corrected chi connectivity index (χ0v) is 7.88. The van der Waals surface area contributed by atoms with Crippen LogP contribution in [0.1, 0.15) is 10.4 Å². The van der Waals surface area contributed by atoms with E-state index in [9.17, 15) is 13.2 Å². The van der Waals surface area contributed by atoms with E-state index in [2.05, 4.69) is 5.32 Å². The molecular formula is C8H9NO3S. The SMILES string of the molecule is CNC(=O)c1cccc([SH](=O)=O)c1. The van der Waals surface area contributed by atoms with Crippen molar-refractivity contribution in [1.82, 2.24) is 5.32 Å². The number of nitrogens with one attached hydrogen (secondary N) is 1. The Bertz CT molecular complexity index is 390. The molecule has 4 nitrogen and oxygen atoms in total. The van der Waals surface area contributed by atoms with E-state index in [1.807, 2.05) is 0 Å². The Labute approximate surface area is 77.5 Å². The number of rotatable bonds is 2. The zero-order chi connectivity index (χ0) is 9.84. The molecule has 0 spiro atoms. The van der Waals surface area contributed by atoms with E-state index in [1.54, 1.807) is 6.07 Å². The number of carbonyl (C=O) groups is 1. The molecule has 0 aromatic heterocycles. The first kappa shape index (κ1) is 9.73. The Balaban J connectivity index is 3.12. The van der Waals surface area contributed by atoms with Crippen molar-refractivity contribution in [3.05, 3.63) is 29.8 Å². The van der Waals surface area contributed by atoms with Gasteiger partial charge in [0.05, 0.1) is 4.90 Å². The van der Waals surface area contributed by atoms with Crippen molar-refractivity contribution in [1.29, 1.82) is 0 Å². The number of carbonyl (C=O) groups excluding carboxylic acids is 1. The molecule has 0 unspecified atom stereocenters. The minimum Gasteiger partial charge on any atom is -0.355 e. The minimum atomic E-state index is -2.62. The lowest BCUT2D eigenvalue weighted by Gasteiger charge is -1.98. The highest BCUT2D eigenvalue weighted by Gasteiger charge is 2.03. The lowest BCUT2D eigenvalue weighted by molar-refractivity contribution is 0.0963. The molecule has 0 saturated heterocycles. The van der Waals surface area contributed by atoms with Gasteiger partial charge in [0.25, 0.3) is 5.91 Å². The molecule has 0 heterocycles. The minimum absolute atomic E-state index is 0.149. The predicted molar refractivity (Wildman–Crippen MR) is 48.4 cm³/mol. The predicted octanol–water partition coefficient (Wildman–Crippen LogP) is 0.0165. The maximum absolute atomic E-state index is 11.1. The monoisotopic (exact) mass is 199 g/mol. The average molecular weight is 199 g/mol. The van der Waals surface area contributed by atoms with Gasteiger partial charge in [-0.25, -0.2) is 8.42 Å². The fraction of sp³-hybridized carbons (Fsp3) is 0.125. The molecule has 70 valence electrons. The first-order valence-corrected chi connectivity index (χ1v) is 4.79. The molecule has 13 heavy (non-hydrogen) atoms. The zero-order valence-electron chi connectivity index (χ0n) is 6.98. The molecule has 0 saturated carbocycles. The van der Waals surface area contributed by atoms with E-state index in [4.69, 9.17) is 0 Å². The molecule has 0 aliphatic carbocycles. The lowest BCUT2D eigenvalue weighted by atomic mass is 10.2. The normalized spacial score (nSPS) is 10.0. The molecule has 0 radical (unpaired) electrons. The number of hydrogen-bond acceptors (Lipinski definition) is 3. The summed E-state index contributed by atoms with van der Waals surface area (Å²) < 4.78 is 21.1. The van der Waals surface area contributed by atoms with Crippen LogP contribution in [0.25, 0.3) is 0 Å². The third-order valence-corrected chi connectivity index (χ3v) is 2.25. The fourth-order valence-corrected chi connectivity index (χ4v) is 1.36. The molecule has 0 aliphatic heterocycles. The van der Waals surface area contributed by atoms with Gasteiger partial charge in [0.2, 0.25) is 0 Å². The van der Waals surface area contributed by atoms with Gasteiger partial charge in [-0.05, 0) is 18.2 Å². The molecule has 1 amide bonds. The van der Waals surface area contributed by atoms with E-state index in [1.165, 1.54) is 25.2 Å². The van der Waals surface area contributed by atoms with Crippen molar-refractivity contribution in [2.75, 3.05) is 7.05 Å². The Morgan fingerprint density at radius 2 is 2.08 bits per heavy atom. The number of benzene rings is 1. The summed E-state index contributed by atoms with van der Waals surface area (Å²) in [5.74, 6) is -0.293. The molecular weight excluding hydrogens is 190 g/mol. The third-order valence-electron chi connectivity index (χ3n) is 1.55. The highest BCUT2D eigenvalue weighted by atomic mass is 32.2. The van der Waals surface area contributed by atoms with Crippen molar-refractivity contribution in [3.63, 3.8) is 0 Å². The van der Waals surface area contributed by atoms with Gasteiger partial charge in [0.15, 0.2) is 10.7 Å². The smallest absolute Gasteiger partial charge is 0.251 e. The highest BCUT2D eigenvalue weighted by molar-refractivity contribution is 7.72. The number of amides is 1. The van der Waals surface area contributed by atoms with Crippen molar-refractivity contribution in [3.8, 4) is 0 Å². The summed E-state index contributed by atoms with van der Waals surface area (Å²) in [6.45, 7) is 0. The molecule has 1 N–H and O–H groups in total. The van der Waals surface area contributed by atoms with Crippen LogP contribution in [0.5, 0.6) is 0 Å². The maximum Gasteiger partial charge on any atom is 0.251 e. The van der Waals surface area contributed by atoms with Gasteiger partial charge in [-0.2, -0.15) is 0 Å². The Morgan fingerprint density at radius 1 is 1.38 bits per heavy atom. The van der Waals surface area contributed by atoms with Crippen LogP contribution in [-0.4, -0.2) is 21.4 Å². The van der Waals surface area contributed by atoms with Crippen LogP contribution in [0.15, 0.2) is 29.2 Å². The highest BCUT2D eigenvalue weighted by Crippen LogP contribution is 2.05. The molecule has 0 aliphatic rings. The van der Waals surface area contributed by atoms with Crippen LogP contribution in [0.3, 0.4) is 0 Å². The second-order valence-electron chi connectivity index (χ2n) is 2.39. The van der Waals surface area contributed by atoms with E-state index >= 15 is 0 Å². The van der Waals surface area contributed by atoms with Gasteiger partial charge in [-0.15, -0.1) is 0 Å². The first-order valence-electron chi connectivity index (χ1n) is 3.61. The third kappa shape index (κ3) is 2.29. The van der Waals surface area contributed by atoms with Gasteiger partial charge >= 0.3 is 0 Å². The molecule has 5 heteroatoms. The van der Waals surface area contributed by atoms with Gasteiger partial charge in [0, 0.05) is 12.6 Å². The van der Waals surface area contributed by atoms with E-state index in [-0.39, 0.29) is 10.8 Å². The molecule has 1 rings (SSSR count). The largest absolute Gasteiger partial charge is 0.355 e. The van der Waals surface area contributed by atoms with Gasteiger partial charge in [-0.1, -0.05) is 6.07 Å². The topological polar surface area (TPSA) is 63.2 Å². The summed E-state index contributed by atoms with van der Waals surface area (Å²) in [6.07, 6.45) is 0. The molecule has 1 aromatic carbocycles. The first-order chi connectivity index (χ1) is 6.15. The van der Waals surface area contributed by atoms with Crippen LogP contribution in [-0.2, 0) is 10.7 Å². The quantitative estimate of drug-likeness (QED) is 0.660. The van der Waals surface area contributed by atoms with Gasteiger partial charge < -0.3 is 5.32 Å². The fourth-order valence-electron chi connectivity index (χ4n) is 0.905. The summed E-state index contributed by atoms with van der Waals surface area (Å²) in [7, 11) is -1.13. The number of hydrogen-bond donors (Lipinski definition) is 2. The maximum atomic E-state index is 11.1. The average Bonchev–Trinajstić information content (AvgIpc) is 2.17.